The molecular weight excluding hydrogens is 709 g/mol. The van der Waals surface area contributed by atoms with Crippen molar-refractivity contribution in [1.29, 1.82) is 0 Å². The SMILES string of the molecule is c1ccc(-c2ccc(-c3nc(-c4ccccc4)nc(-c4ccc5ccc(-c6nc(-c7ccccc7)nc(-c7ccc(-c8ccccc8)cc7)n6)cc5c4)n3)cc2)cc1. The van der Waals surface area contributed by atoms with Gasteiger partial charge in [-0.25, -0.2) is 29.9 Å². The molecule has 0 spiro atoms. The van der Waals surface area contributed by atoms with Gasteiger partial charge in [-0.2, -0.15) is 0 Å². The van der Waals surface area contributed by atoms with Gasteiger partial charge in [-0.15, -0.1) is 0 Å². The molecule has 2 aromatic heterocycles. The predicted molar refractivity (Wildman–Crippen MR) is 234 cm³/mol. The Hall–Kier alpha value is -7.96. The topological polar surface area (TPSA) is 77.3 Å². The summed E-state index contributed by atoms with van der Waals surface area (Å²) in [5, 5.41) is 2.09. The Balaban J connectivity index is 1.05. The number of aromatic nitrogens is 6. The summed E-state index contributed by atoms with van der Waals surface area (Å²) in [5.41, 5.74) is 10.0. The van der Waals surface area contributed by atoms with Gasteiger partial charge in [0.2, 0.25) is 0 Å². The van der Waals surface area contributed by atoms with Gasteiger partial charge < -0.3 is 0 Å². The molecule has 0 aliphatic carbocycles. The number of hydrogen-bond acceptors (Lipinski definition) is 6. The average molecular weight is 743 g/mol. The van der Waals surface area contributed by atoms with Crippen molar-refractivity contribution < 1.29 is 0 Å². The summed E-state index contributed by atoms with van der Waals surface area (Å²) in [6.07, 6.45) is 0. The second-order valence-corrected chi connectivity index (χ2v) is 14.0. The monoisotopic (exact) mass is 742 g/mol. The van der Waals surface area contributed by atoms with E-state index in [1.54, 1.807) is 0 Å². The number of benzene rings is 8. The molecule has 10 rings (SSSR count). The Morgan fingerprint density at radius 3 is 0.724 bits per heavy atom. The van der Waals surface area contributed by atoms with Crippen molar-refractivity contribution in [3.05, 3.63) is 206 Å². The maximum Gasteiger partial charge on any atom is 0.164 e. The van der Waals surface area contributed by atoms with E-state index in [4.69, 9.17) is 29.9 Å². The van der Waals surface area contributed by atoms with E-state index in [9.17, 15) is 0 Å². The van der Waals surface area contributed by atoms with Crippen LogP contribution in [0.4, 0.5) is 0 Å². The summed E-state index contributed by atoms with van der Waals surface area (Å²) in [6.45, 7) is 0. The highest BCUT2D eigenvalue weighted by Crippen LogP contribution is 2.32. The molecule has 0 aliphatic heterocycles. The molecule has 6 heteroatoms. The van der Waals surface area contributed by atoms with E-state index in [1.165, 1.54) is 0 Å². The number of hydrogen-bond donors (Lipinski definition) is 0. The molecule has 58 heavy (non-hydrogen) atoms. The molecule has 10 aromatic rings. The van der Waals surface area contributed by atoms with Crippen LogP contribution in [0.1, 0.15) is 0 Å². The first-order chi connectivity index (χ1) is 28.7. The zero-order chi connectivity index (χ0) is 38.7. The highest BCUT2D eigenvalue weighted by atomic mass is 15.0. The summed E-state index contributed by atoms with van der Waals surface area (Å²) in [7, 11) is 0. The van der Waals surface area contributed by atoms with Gasteiger partial charge in [0.25, 0.3) is 0 Å². The third-order valence-electron chi connectivity index (χ3n) is 10.2. The standard InChI is InChI=1S/C52H34N6/c1-5-13-35(14-6-1)37-21-27-42(28-22-37)49-53-47(40-17-9-3-10-18-40)55-51(57-49)44-31-25-39-26-32-45(34-46(39)33-44)52-56-48(41-19-11-4-12-20-41)54-50(58-52)43-29-23-38(24-30-43)36-15-7-2-8-16-36/h1-34H. The fourth-order valence-corrected chi connectivity index (χ4v) is 7.11. The quantitative estimate of drug-likeness (QED) is 0.154. The predicted octanol–water partition coefficient (Wildman–Crippen LogP) is 12.5. The molecule has 6 nitrogen and oxygen atoms in total. The van der Waals surface area contributed by atoms with Gasteiger partial charge in [0.1, 0.15) is 0 Å². The van der Waals surface area contributed by atoms with Gasteiger partial charge in [-0.1, -0.05) is 194 Å². The van der Waals surface area contributed by atoms with E-state index in [2.05, 4.69) is 133 Å². The number of fused-ring (bicyclic) bond motifs is 1. The maximum absolute atomic E-state index is 5.05. The minimum absolute atomic E-state index is 0.594. The first kappa shape index (κ1) is 34.5. The lowest BCUT2D eigenvalue weighted by atomic mass is 10.0. The third kappa shape index (κ3) is 7.14. The van der Waals surface area contributed by atoms with Crippen molar-refractivity contribution in [2.24, 2.45) is 0 Å². The van der Waals surface area contributed by atoms with Crippen LogP contribution in [0.15, 0.2) is 206 Å². The highest BCUT2D eigenvalue weighted by molar-refractivity contribution is 5.90. The van der Waals surface area contributed by atoms with Crippen LogP contribution in [0.5, 0.6) is 0 Å². The zero-order valence-electron chi connectivity index (χ0n) is 31.3. The zero-order valence-corrected chi connectivity index (χ0v) is 31.3. The van der Waals surface area contributed by atoms with Crippen LogP contribution in [0.2, 0.25) is 0 Å². The molecule has 0 amide bonds. The lowest BCUT2D eigenvalue weighted by Crippen LogP contribution is -2.00. The number of rotatable bonds is 8. The molecule has 0 aliphatic rings. The summed E-state index contributed by atoms with van der Waals surface area (Å²) in [6, 6.07) is 70.2. The van der Waals surface area contributed by atoms with Crippen molar-refractivity contribution in [2.45, 2.75) is 0 Å². The Labute approximate surface area is 336 Å². The van der Waals surface area contributed by atoms with Crippen LogP contribution in [0.25, 0.3) is 101 Å². The van der Waals surface area contributed by atoms with Crippen molar-refractivity contribution in [3.63, 3.8) is 0 Å². The van der Waals surface area contributed by atoms with Crippen molar-refractivity contribution >= 4 is 10.8 Å². The van der Waals surface area contributed by atoms with E-state index < -0.39 is 0 Å². The van der Waals surface area contributed by atoms with Crippen LogP contribution < -0.4 is 0 Å². The van der Waals surface area contributed by atoms with Gasteiger partial charge in [0.05, 0.1) is 0 Å². The lowest BCUT2D eigenvalue weighted by molar-refractivity contribution is 1.07. The molecular formula is C52H34N6. The van der Waals surface area contributed by atoms with Crippen LogP contribution >= 0.6 is 0 Å². The Morgan fingerprint density at radius 1 is 0.172 bits per heavy atom. The van der Waals surface area contributed by atoms with Crippen LogP contribution in [0, 0.1) is 0 Å². The van der Waals surface area contributed by atoms with Gasteiger partial charge in [-0.05, 0) is 45.2 Å². The summed E-state index contributed by atoms with van der Waals surface area (Å²) in [5.74, 6) is 3.64. The Bertz CT molecular complexity index is 2800. The van der Waals surface area contributed by atoms with E-state index in [0.717, 1.165) is 66.4 Å². The van der Waals surface area contributed by atoms with Crippen LogP contribution in [0.3, 0.4) is 0 Å². The van der Waals surface area contributed by atoms with E-state index in [1.807, 2.05) is 72.8 Å². The largest absolute Gasteiger partial charge is 0.208 e. The van der Waals surface area contributed by atoms with Crippen molar-refractivity contribution in [3.8, 4) is 90.6 Å². The van der Waals surface area contributed by atoms with E-state index >= 15 is 0 Å². The molecule has 0 bridgehead atoms. The molecule has 0 N–H and O–H groups in total. The van der Waals surface area contributed by atoms with Gasteiger partial charge in [0, 0.05) is 33.4 Å². The molecule has 8 aromatic carbocycles. The average Bonchev–Trinajstić information content (AvgIpc) is 3.32. The molecule has 0 atom stereocenters. The van der Waals surface area contributed by atoms with Gasteiger partial charge in [-0.3, -0.25) is 0 Å². The molecule has 0 radical (unpaired) electrons. The Morgan fingerprint density at radius 2 is 0.397 bits per heavy atom. The molecule has 0 fully saturated rings. The lowest BCUT2D eigenvalue weighted by Gasteiger charge is -2.11. The normalized spacial score (nSPS) is 11.1. The highest BCUT2D eigenvalue weighted by Gasteiger charge is 2.16. The van der Waals surface area contributed by atoms with Crippen molar-refractivity contribution in [1.82, 2.24) is 29.9 Å². The summed E-state index contributed by atoms with van der Waals surface area (Å²) >= 11 is 0. The van der Waals surface area contributed by atoms with Gasteiger partial charge in [0.15, 0.2) is 34.9 Å². The minimum atomic E-state index is 0.594. The Kier molecular flexibility index (Phi) is 9.10. The maximum atomic E-state index is 5.05. The summed E-state index contributed by atoms with van der Waals surface area (Å²) in [4.78, 5) is 30.0. The minimum Gasteiger partial charge on any atom is -0.208 e. The molecule has 0 saturated heterocycles. The molecule has 0 unspecified atom stereocenters. The first-order valence-corrected chi connectivity index (χ1v) is 19.2. The molecule has 0 saturated carbocycles. The van der Waals surface area contributed by atoms with Crippen LogP contribution in [-0.4, -0.2) is 29.9 Å². The molecule has 2 heterocycles. The third-order valence-corrected chi connectivity index (χ3v) is 10.2. The van der Waals surface area contributed by atoms with Gasteiger partial charge >= 0.3 is 0 Å². The second-order valence-electron chi connectivity index (χ2n) is 14.0. The smallest absolute Gasteiger partial charge is 0.164 e. The summed E-state index contributed by atoms with van der Waals surface area (Å²) < 4.78 is 0. The molecule has 272 valence electrons. The fourth-order valence-electron chi connectivity index (χ4n) is 7.11. The fraction of sp³-hybridized carbons (Fsp3) is 0. The second kappa shape index (κ2) is 15.3. The van der Waals surface area contributed by atoms with Crippen molar-refractivity contribution in [2.75, 3.05) is 0 Å². The van der Waals surface area contributed by atoms with E-state index in [-0.39, 0.29) is 0 Å². The van der Waals surface area contributed by atoms with E-state index in [0.29, 0.717) is 34.9 Å². The first-order valence-electron chi connectivity index (χ1n) is 19.2. The van der Waals surface area contributed by atoms with Crippen LogP contribution in [-0.2, 0) is 0 Å². The number of nitrogens with zero attached hydrogens (tertiary/aromatic N) is 6.